The van der Waals surface area contributed by atoms with Gasteiger partial charge >= 0.3 is 0 Å². The second-order valence-electron chi connectivity index (χ2n) is 4.95. The van der Waals surface area contributed by atoms with Gasteiger partial charge in [-0.25, -0.2) is 0 Å². The van der Waals surface area contributed by atoms with Gasteiger partial charge in [-0.2, -0.15) is 0 Å². The Morgan fingerprint density at radius 1 is 1.42 bits per heavy atom. The van der Waals surface area contributed by atoms with Crippen LogP contribution in [0.4, 0.5) is 0 Å². The van der Waals surface area contributed by atoms with E-state index in [4.69, 9.17) is 4.42 Å². The molecule has 0 bridgehead atoms. The Bertz CT molecular complexity index is 478. The third-order valence-electron chi connectivity index (χ3n) is 3.42. The highest BCUT2D eigenvalue weighted by Crippen LogP contribution is 2.17. The molecule has 0 radical (unpaired) electrons. The zero-order valence-electron chi connectivity index (χ0n) is 11.8. The summed E-state index contributed by atoms with van der Waals surface area (Å²) in [5.74, 6) is 1.04. The van der Waals surface area contributed by atoms with E-state index in [-0.39, 0.29) is 0 Å². The molecule has 0 aliphatic carbocycles. The van der Waals surface area contributed by atoms with E-state index >= 15 is 0 Å². The number of thiophene rings is 1. The van der Waals surface area contributed by atoms with Crippen LogP contribution in [-0.2, 0) is 19.5 Å². The van der Waals surface area contributed by atoms with E-state index in [0.29, 0.717) is 6.04 Å². The maximum Gasteiger partial charge on any atom is 0.122 e. The van der Waals surface area contributed by atoms with Gasteiger partial charge in [0.2, 0.25) is 0 Å². The van der Waals surface area contributed by atoms with Gasteiger partial charge in [0.15, 0.2) is 0 Å². The first-order valence-electron chi connectivity index (χ1n) is 6.63. The number of hydrogen-bond donors (Lipinski definition) is 1. The van der Waals surface area contributed by atoms with Crippen molar-refractivity contribution < 1.29 is 4.42 Å². The first-order valence-corrected chi connectivity index (χ1v) is 7.51. The predicted octanol–water partition coefficient (Wildman–Crippen LogP) is 3.12. The van der Waals surface area contributed by atoms with Gasteiger partial charge in [-0.15, -0.1) is 11.3 Å². The zero-order valence-corrected chi connectivity index (χ0v) is 12.7. The molecule has 2 aromatic heterocycles. The van der Waals surface area contributed by atoms with Crippen LogP contribution in [0.3, 0.4) is 0 Å². The van der Waals surface area contributed by atoms with Crippen molar-refractivity contribution in [2.45, 2.75) is 32.5 Å². The Labute approximate surface area is 119 Å². The number of hydrogen-bond acceptors (Lipinski definition) is 4. The Hall–Kier alpha value is -1.10. The second-order valence-corrected chi connectivity index (χ2v) is 5.98. The lowest BCUT2D eigenvalue weighted by Gasteiger charge is -2.24. The van der Waals surface area contributed by atoms with E-state index in [1.807, 2.05) is 18.4 Å². The van der Waals surface area contributed by atoms with Crippen LogP contribution in [0.25, 0.3) is 0 Å². The molecule has 0 spiro atoms. The lowest BCUT2D eigenvalue weighted by Crippen LogP contribution is -2.30. The highest BCUT2D eigenvalue weighted by molar-refractivity contribution is 7.09. The standard InChI is InChI=1S/C15H22N2OS/c1-12(9-14-5-4-8-19-14)17(3)11-13-6-7-18-15(13)10-16-2/h4-8,12,16H,9-11H2,1-3H3. The largest absolute Gasteiger partial charge is 0.468 e. The Balaban J connectivity index is 1.92. The summed E-state index contributed by atoms with van der Waals surface area (Å²) < 4.78 is 5.50. The fourth-order valence-corrected chi connectivity index (χ4v) is 2.95. The number of nitrogens with one attached hydrogen (secondary N) is 1. The summed E-state index contributed by atoms with van der Waals surface area (Å²) in [7, 11) is 4.11. The normalized spacial score (nSPS) is 13.1. The summed E-state index contributed by atoms with van der Waals surface area (Å²) in [6.45, 7) is 3.99. The summed E-state index contributed by atoms with van der Waals surface area (Å²) in [4.78, 5) is 3.82. The van der Waals surface area contributed by atoms with E-state index in [2.05, 4.69) is 47.8 Å². The first kappa shape index (κ1) is 14.3. The first-order chi connectivity index (χ1) is 9.20. The molecule has 104 valence electrons. The molecule has 2 heterocycles. The molecule has 0 aliphatic heterocycles. The minimum Gasteiger partial charge on any atom is -0.468 e. The zero-order chi connectivity index (χ0) is 13.7. The average molecular weight is 278 g/mol. The molecule has 1 unspecified atom stereocenters. The maximum absolute atomic E-state index is 5.50. The fraction of sp³-hybridized carbons (Fsp3) is 0.467. The minimum absolute atomic E-state index is 0.524. The number of rotatable bonds is 7. The molecule has 0 saturated carbocycles. The van der Waals surface area contributed by atoms with Crippen LogP contribution in [0, 0.1) is 0 Å². The number of furan rings is 1. The van der Waals surface area contributed by atoms with Crippen LogP contribution in [0.15, 0.2) is 34.3 Å². The summed E-state index contributed by atoms with van der Waals surface area (Å²) in [6, 6.07) is 6.92. The summed E-state index contributed by atoms with van der Waals surface area (Å²) >= 11 is 1.83. The Morgan fingerprint density at radius 2 is 2.26 bits per heavy atom. The van der Waals surface area contributed by atoms with Crippen molar-refractivity contribution in [2.75, 3.05) is 14.1 Å². The molecule has 0 aliphatic rings. The molecule has 1 atom stereocenters. The van der Waals surface area contributed by atoms with Gasteiger partial charge in [-0.05, 0) is 45.0 Å². The van der Waals surface area contributed by atoms with Crippen molar-refractivity contribution in [1.29, 1.82) is 0 Å². The maximum atomic E-state index is 5.50. The monoisotopic (exact) mass is 278 g/mol. The van der Waals surface area contributed by atoms with Gasteiger partial charge in [0.25, 0.3) is 0 Å². The van der Waals surface area contributed by atoms with E-state index in [1.165, 1.54) is 10.4 Å². The third-order valence-corrected chi connectivity index (χ3v) is 4.32. The van der Waals surface area contributed by atoms with Crippen molar-refractivity contribution in [1.82, 2.24) is 10.2 Å². The van der Waals surface area contributed by atoms with Crippen LogP contribution in [0.5, 0.6) is 0 Å². The van der Waals surface area contributed by atoms with Gasteiger partial charge in [-0.3, -0.25) is 4.90 Å². The van der Waals surface area contributed by atoms with Gasteiger partial charge in [-0.1, -0.05) is 6.07 Å². The highest BCUT2D eigenvalue weighted by Gasteiger charge is 2.14. The molecule has 0 fully saturated rings. The van der Waals surface area contributed by atoms with Crippen molar-refractivity contribution in [3.05, 3.63) is 46.0 Å². The van der Waals surface area contributed by atoms with Crippen molar-refractivity contribution >= 4 is 11.3 Å². The summed E-state index contributed by atoms with van der Waals surface area (Å²) in [5.41, 5.74) is 1.27. The van der Waals surface area contributed by atoms with Crippen LogP contribution >= 0.6 is 11.3 Å². The molecular formula is C15H22N2OS. The molecule has 19 heavy (non-hydrogen) atoms. The van der Waals surface area contributed by atoms with Crippen LogP contribution in [0.2, 0.25) is 0 Å². The molecular weight excluding hydrogens is 256 g/mol. The average Bonchev–Trinajstić information content (AvgIpc) is 3.02. The summed E-state index contributed by atoms with van der Waals surface area (Å²) in [6.07, 6.45) is 2.88. The molecule has 4 heteroatoms. The molecule has 0 saturated heterocycles. The topological polar surface area (TPSA) is 28.4 Å². The Morgan fingerprint density at radius 3 is 2.95 bits per heavy atom. The van der Waals surface area contributed by atoms with E-state index in [9.17, 15) is 0 Å². The molecule has 2 aromatic rings. The summed E-state index contributed by atoms with van der Waals surface area (Å²) in [5, 5.41) is 5.28. The minimum atomic E-state index is 0.524. The van der Waals surface area contributed by atoms with Crippen LogP contribution in [-0.4, -0.2) is 25.0 Å². The van der Waals surface area contributed by atoms with Crippen LogP contribution in [0.1, 0.15) is 23.1 Å². The second kappa shape index (κ2) is 6.89. The molecule has 2 rings (SSSR count). The van der Waals surface area contributed by atoms with Crippen LogP contribution < -0.4 is 5.32 Å². The molecule has 0 amide bonds. The number of likely N-dealkylation sites (N-methyl/N-ethyl adjacent to an activating group) is 1. The van der Waals surface area contributed by atoms with Gasteiger partial charge in [0, 0.05) is 23.0 Å². The van der Waals surface area contributed by atoms with Gasteiger partial charge in [0.05, 0.1) is 12.8 Å². The predicted molar refractivity (Wildman–Crippen MR) is 80.4 cm³/mol. The van der Waals surface area contributed by atoms with E-state index in [0.717, 1.165) is 25.3 Å². The Kier molecular flexibility index (Phi) is 5.19. The van der Waals surface area contributed by atoms with Gasteiger partial charge < -0.3 is 9.73 Å². The fourth-order valence-electron chi connectivity index (χ4n) is 2.12. The SMILES string of the molecule is CNCc1occc1CN(C)C(C)Cc1cccs1. The third kappa shape index (κ3) is 3.93. The molecule has 3 nitrogen and oxygen atoms in total. The van der Waals surface area contributed by atoms with Gasteiger partial charge in [0.1, 0.15) is 5.76 Å². The quantitative estimate of drug-likeness (QED) is 0.843. The molecule has 1 N–H and O–H groups in total. The van der Waals surface area contributed by atoms with Crippen molar-refractivity contribution in [2.24, 2.45) is 0 Å². The van der Waals surface area contributed by atoms with Crippen molar-refractivity contribution in [3.8, 4) is 0 Å². The lowest BCUT2D eigenvalue weighted by atomic mass is 10.1. The highest BCUT2D eigenvalue weighted by atomic mass is 32.1. The lowest BCUT2D eigenvalue weighted by molar-refractivity contribution is 0.247. The smallest absolute Gasteiger partial charge is 0.122 e. The molecule has 0 aromatic carbocycles. The van der Waals surface area contributed by atoms with E-state index < -0.39 is 0 Å². The van der Waals surface area contributed by atoms with E-state index in [1.54, 1.807) is 6.26 Å². The van der Waals surface area contributed by atoms with Crippen molar-refractivity contribution in [3.63, 3.8) is 0 Å². The number of nitrogens with zero attached hydrogens (tertiary/aromatic N) is 1.